The predicted molar refractivity (Wildman–Crippen MR) is 117 cm³/mol. The number of benzene rings is 1. The SMILES string of the molecule is O=C(NCC1CCCN(S(=O)(=O)c2ccc(F)cc2)C1)[C]1CCCCCCC1.[CH2].[CH2]. The van der Waals surface area contributed by atoms with Gasteiger partial charge in [0.1, 0.15) is 5.82 Å². The van der Waals surface area contributed by atoms with Crippen molar-refractivity contribution in [3.05, 3.63) is 50.9 Å². The minimum absolute atomic E-state index is 0. The molecule has 5 radical (unpaired) electrons. The van der Waals surface area contributed by atoms with Gasteiger partial charge in [0.05, 0.1) is 10.8 Å². The molecule has 30 heavy (non-hydrogen) atoms. The van der Waals surface area contributed by atoms with Crippen LogP contribution in [0.25, 0.3) is 0 Å². The van der Waals surface area contributed by atoms with E-state index in [1.54, 1.807) is 0 Å². The fourth-order valence-electron chi connectivity index (χ4n) is 4.09. The second kappa shape index (κ2) is 12.4. The molecular formula is C23H34FN2O3S. The Morgan fingerprint density at radius 2 is 1.60 bits per heavy atom. The maximum atomic E-state index is 13.1. The van der Waals surface area contributed by atoms with E-state index < -0.39 is 15.8 Å². The van der Waals surface area contributed by atoms with Gasteiger partial charge in [-0.05, 0) is 55.9 Å². The highest BCUT2D eigenvalue weighted by atomic mass is 32.2. The second-order valence-corrected chi connectivity index (χ2v) is 9.84. The lowest BCUT2D eigenvalue weighted by Crippen LogP contribution is -2.44. The lowest BCUT2D eigenvalue weighted by molar-refractivity contribution is -0.120. The Morgan fingerprint density at radius 3 is 2.23 bits per heavy atom. The topological polar surface area (TPSA) is 66.5 Å². The van der Waals surface area contributed by atoms with Gasteiger partial charge < -0.3 is 5.32 Å². The van der Waals surface area contributed by atoms with E-state index in [9.17, 15) is 17.6 Å². The summed E-state index contributed by atoms with van der Waals surface area (Å²) in [6.45, 7) is 1.34. The Morgan fingerprint density at radius 1 is 1.00 bits per heavy atom. The van der Waals surface area contributed by atoms with Gasteiger partial charge in [0.15, 0.2) is 0 Å². The van der Waals surface area contributed by atoms with Crippen molar-refractivity contribution in [3.63, 3.8) is 0 Å². The summed E-state index contributed by atoms with van der Waals surface area (Å²) in [5.41, 5.74) is 0. The fourth-order valence-corrected chi connectivity index (χ4v) is 5.64. The summed E-state index contributed by atoms with van der Waals surface area (Å²) in [5, 5.41) is 3.04. The van der Waals surface area contributed by atoms with Gasteiger partial charge in [0, 0.05) is 19.6 Å². The van der Waals surface area contributed by atoms with Crippen molar-refractivity contribution >= 4 is 15.9 Å². The van der Waals surface area contributed by atoms with Crippen molar-refractivity contribution in [2.24, 2.45) is 5.92 Å². The van der Waals surface area contributed by atoms with Gasteiger partial charge in [-0.25, -0.2) is 12.8 Å². The van der Waals surface area contributed by atoms with Crippen molar-refractivity contribution in [1.29, 1.82) is 0 Å². The largest absolute Gasteiger partial charge is 0.355 e. The highest BCUT2D eigenvalue weighted by Gasteiger charge is 2.31. The molecule has 0 spiro atoms. The average molecular weight is 438 g/mol. The van der Waals surface area contributed by atoms with Crippen LogP contribution in [0, 0.1) is 32.5 Å². The first-order chi connectivity index (χ1) is 13.5. The van der Waals surface area contributed by atoms with E-state index >= 15 is 0 Å². The molecule has 0 bridgehead atoms. The van der Waals surface area contributed by atoms with Crippen molar-refractivity contribution in [2.75, 3.05) is 19.6 Å². The van der Waals surface area contributed by atoms with E-state index in [0.717, 1.165) is 44.4 Å². The zero-order valence-corrected chi connectivity index (χ0v) is 18.6. The quantitative estimate of drug-likeness (QED) is 0.746. The third kappa shape index (κ3) is 7.05. The van der Waals surface area contributed by atoms with E-state index in [1.165, 1.54) is 47.8 Å². The van der Waals surface area contributed by atoms with Crippen LogP contribution in [0.5, 0.6) is 0 Å². The maximum absolute atomic E-state index is 13.1. The van der Waals surface area contributed by atoms with Crippen LogP contribution in [0.4, 0.5) is 4.39 Å². The number of nitrogens with one attached hydrogen (secondary N) is 1. The first-order valence-electron chi connectivity index (χ1n) is 10.4. The van der Waals surface area contributed by atoms with E-state index in [4.69, 9.17) is 0 Å². The van der Waals surface area contributed by atoms with E-state index in [0.29, 0.717) is 19.6 Å². The van der Waals surface area contributed by atoms with Crippen LogP contribution in [-0.4, -0.2) is 38.3 Å². The number of sulfonamides is 1. The van der Waals surface area contributed by atoms with Crippen molar-refractivity contribution in [2.45, 2.75) is 62.7 Å². The van der Waals surface area contributed by atoms with Crippen molar-refractivity contribution in [3.8, 4) is 0 Å². The molecule has 1 N–H and O–H groups in total. The molecule has 1 aliphatic heterocycles. The van der Waals surface area contributed by atoms with Crippen molar-refractivity contribution < 1.29 is 17.6 Å². The van der Waals surface area contributed by atoms with Gasteiger partial charge >= 0.3 is 0 Å². The Labute approximate surface area is 182 Å². The van der Waals surface area contributed by atoms with Gasteiger partial charge in [0.2, 0.25) is 15.9 Å². The molecule has 5 nitrogen and oxygen atoms in total. The molecule has 1 heterocycles. The molecule has 1 saturated heterocycles. The second-order valence-electron chi connectivity index (χ2n) is 7.91. The normalized spacial score (nSPS) is 21.4. The number of amides is 1. The van der Waals surface area contributed by atoms with E-state index in [-0.39, 0.29) is 31.6 Å². The summed E-state index contributed by atoms with van der Waals surface area (Å²) in [6, 6.07) is 4.95. The Kier molecular flexibility index (Phi) is 11.0. The Hall–Kier alpha value is -1.47. The van der Waals surface area contributed by atoms with E-state index in [1.807, 2.05) is 0 Å². The molecule has 1 aromatic rings. The van der Waals surface area contributed by atoms with Gasteiger partial charge in [-0.1, -0.05) is 47.0 Å². The number of piperidine rings is 1. The average Bonchev–Trinajstić information content (AvgIpc) is 2.66. The summed E-state index contributed by atoms with van der Waals surface area (Å²) < 4.78 is 40.2. The molecule has 0 aromatic heterocycles. The minimum atomic E-state index is -3.63. The molecule has 1 aliphatic carbocycles. The fraction of sp³-hybridized carbons (Fsp3) is 0.565. The van der Waals surface area contributed by atoms with Gasteiger partial charge in [-0.2, -0.15) is 4.31 Å². The molecule has 7 heteroatoms. The van der Waals surface area contributed by atoms with Crippen LogP contribution in [0.1, 0.15) is 57.8 Å². The van der Waals surface area contributed by atoms with Gasteiger partial charge in [0.25, 0.3) is 0 Å². The zero-order valence-electron chi connectivity index (χ0n) is 17.7. The number of hydrogen-bond donors (Lipinski definition) is 1. The van der Waals surface area contributed by atoms with Crippen LogP contribution in [0.15, 0.2) is 29.2 Å². The van der Waals surface area contributed by atoms with Crippen LogP contribution >= 0.6 is 0 Å². The summed E-state index contributed by atoms with van der Waals surface area (Å²) in [4.78, 5) is 12.6. The number of carbonyl (C=O) groups is 1. The van der Waals surface area contributed by atoms with Crippen molar-refractivity contribution in [1.82, 2.24) is 9.62 Å². The van der Waals surface area contributed by atoms with E-state index in [2.05, 4.69) is 5.32 Å². The van der Waals surface area contributed by atoms with Crippen LogP contribution in [0.3, 0.4) is 0 Å². The molecule has 167 valence electrons. The number of halogens is 1. The molecule has 1 amide bonds. The highest BCUT2D eigenvalue weighted by molar-refractivity contribution is 7.89. The highest BCUT2D eigenvalue weighted by Crippen LogP contribution is 2.26. The van der Waals surface area contributed by atoms with Crippen LogP contribution in [0.2, 0.25) is 0 Å². The Bertz CT molecular complexity index is 744. The minimum Gasteiger partial charge on any atom is -0.355 e. The molecule has 1 aromatic carbocycles. The summed E-state index contributed by atoms with van der Waals surface area (Å²) >= 11 is 0. The molecule has 3 rings (SSSR count). The smallest absolute Gasteiger partial charge is 0.243 e. The van der Waals surface area contributed by atoms with Gasteiger partial charge in [-0.3, -0.25) is 4.79 Å². The number of carbonyl (C=O) groups excluding carboxylic acids is 1. The maximum Gasteiger partial charge on any atom is 0.243 e. The summed E-state index contributed by atoms with van der Waals surface area (Å²) in [6.07, 6.45) is 9.21. The van der Waals surface area contributed by atoms with Crippen LogP contribution in [-0.2, 0) is 14.8 Å². The summed E-state index contributed by atoms with van der Waals surface area (Å²) in [5.74, 6) is 0.679. The number of rotatable bonds is 5. The molecule has 1 atom stereocenters. The zero-order chi connectivity index (χ0) is 20.0. The first-order valence-corrected chi connectivity index (χ1v) is 11.8. The lowest BCUT2D eigenvalue weighted by Gasteiger charge is -2.32. The standard InChI is InChI=1S/C21H30FN2O3S.2CH2/c22-19-10-12-20(13-11-19)28(26,27)24-14-6-7-17(16-24)15-23-21(25)18-8-4-2-1-3-5-9-18;;/h10-13,17H,1-9,14-16H2,(H,23,25);2*1H2. The lowest BCUT2D eigenvalue weighted by atomic mass is 9.90. The predicted octanol–water partition coefficient (Wildman–Crippen LogP) is 4.32. The molecule has 2 aliphatic rings. The summed E-state index contributed by atoms with van der Waals surface area (Å²) in [7, 11) is -3.63. The van der Waals surface area contributed by atoms with Crippen LogP contribution < -0.4 is 5.32 Å². The third-order valence-corrected chi connectivity index (χ3v) is 7.64. The first kappa shape index (κ1) is 26.6. The molecule has 1 unspecified atom stereocenters. The van der Waals surface area contributed by atoms with Gasteiger partial charge in [-0.15, -0.1) is 0 Å². The third-order valence-electron chi connectivity index (χ3n) is 5.76. The Balaban J connectivity index is 0.00000225. The molecule has 1 saturated carbocycles. The number of nitrogens with zero attached hydrogens (tertiary/aromatic N) is 1. The number of hydrogen-bond acceptors (Lipinski definition) is 3. The molecule has 2 fully saturated rings. The monoisotopic (exact) mass is 437 g/mol. The molecular weight excluding hydrogens is 403 g/mol.